The third-order valence-corrected chi connectivity index (χ3v) is 14.9. The Morgan fingerprint density at radius 3 is 1.21 bits per heavy atom. The van der Waals surface area contributed by atoms with E-state index in [1.807, 2.05) is 0 Å². The second-order valence-corrected chi connectivity index (χ2v) is 18.3. The number of nitrogens with zero attached hydrogens (tertiary/aromatic N) is 1. The van der Waals surface area contributed by atoms with Crippen molar-refractivity contribution < 1.29 is 0 Å². The van der Waals surface area contributed by atoms with Crippen molar-refractivity contribution in [3.63, 3.8) is 0 Å². The summed E-state index contributed by atoms with van der Waals surface area (Å²) in [5, 5.41) is 7.54. The van der Waals surface area contributed by atoms with Crippen LogP contribution in [0.1, 0.15) is 22.3 Å². The summed E-state index contributed by atoms with van der Waals surface area (Å²) in [5.74, 6) is 0. The Kier molecular flexibility index (Phi) is 8.57. The lowest BCUT2D eigenvalue weighted by molar-refractivity contribution is 0.794. The summed E-state index contributed by atoms with van der Waals surface area (Å²) in [4.78, 5) is 2.54. The highest BCUT2D eigenvalue weighted by molar-refractivity contribution is 6.26. The molecule has 68 heavy (non-hydrogen) atoms. The number of anilines is 3. The van der Waals surface area contributed by atoms with E-state index in [2.05, 4.69) is 266 Å². The fourth-order valence-electron chi connectivity index (χ4n) is 12.0. The third-order valence-electron chi connectivity index (χ3n) is 14.9. The first-order chi connectivity index (χ1) is 33.8. The highest BCUT2D eigenvalue weighted by Gasteiger charge is 2.52. The molecule has 0 atom stereocenters. The van der Waals surface area contributed by atoms with Crippen molar-refractivity contribution in [3.05, 3.63) is 283 Å². The van der Waals surface area contributed by atoms with Crippen LogP contribution in [0.4, 0.5) is 17.1 Å². The SMILES string of the molecule is c1ccc(-c2ccc(N(c3ccc4c5ccccc5c5ccccc5c4c3)c3cc4c(cc3-c3ccccc3-c3ccccc3)-c3ccccc3C43c4ccccc4-c4ccccc43)cc2)cc1. The summed E-state index contributed by atoms with van der Waals surface area (Å²) in [6.45, 7) is 0. The maximum absolute atomic E-state index is 2.57. The quantitative estimate of drug-likeness (QED) is 0.151. The van der Waals surface area contributed by atoms with Crippen LogP contribution in [0.2, 0.25) is 0 Å². The molecule has 14 rings (SSSR count). The Hall–Kier alpha value is -8.78. The zero-order valence-electron chi connectivity index (χ0n) is 37.3. The lowest BCUT2D eigenvalue weighted by Crippen LogP contribution is -2.26. The van der Waals surface area contributed by atoms with Crippen molar-refractivity contribution in [2.45, 2.75) is 5.41 Å². The van der Waals surface area contributed by atoms with Gasteiger partial charge in [-0.3, -0.25) is 0 Å². The molecule has 0 unspecified atom stereocenters. The molecule has 0 heterocycles. The molecule has 2 aliphatic carbocycles. The second kappa shape index (κ2) is 15.1. The van der Waals surface area contributed by atoms with Gasteiger partial charge >= 0.3 is 0 Å². The van der Waals surface area contributed by atoms with E-state index in [0.717, 1.165) is 17.1 Å². The van der Waals surface area contributed by atoms with Crippen LogP contribution in [0.15, 0.2) is 261 Å². The van der Waals surface area contributed by atoms with E-state index in [9.17, 15) is 0 Å². The maximum atomic E-state index is 2.57. The molecule has 0 aliphatic heterocycles. The van der Waals surface area contributed by atoms with E-state index in [4.69, 9.17) is 0 Å². The number of fused-ring (bicyclic) bond motifs is 16. The van der Waals surface area contributed by atoms with Crippen molar-refractivity contribution >= 4 is 49.4 Å². The lowest BCUT2D eigenvalue weighted by Gasteiger charge is -2.33. The average Bonchev–Trinajstić information content (AvgIpc) is 3.88. The Morgan fingerprint density at radius 2 is 0.632 bits per heavy atom. The van der Waals surface area contributed by atoms with Crippen molar-refractivity contribution in [1.29, 1.82) is 0 Å². The molecule has 0 N–H and O–H groups in total. The van der Waals surface area contributed by atoms with Gasteiger partial charge in [-0.25, -0.2) is 0 Å². The van der Waals surface area contributed by atoms with Crippen LogP contribution in [0.25, 0.3) is 88.0 Å². The van der Waals surface area contributed by atoms with Gasteiger partial charge in [-0.05, 0) is 141 Å². The maximum Gasteiger partial charge on any atom is 0.0726 e. The third kappa shape index (κ3) is 5.57. The van der Waals surface area contributed by atoms with Gasteiger partial charge in [-0.1, -0.05) is 224 Å². The first-order valence-electron chi connectivity index (χ1n) is 23.7. The Labute approximate surface area is 396 Å². The van der Waals surface area contributed by atoms with Gasteiger partial charge < -0.3 is 4.90 Å². The molecule has 12 aromatic rings. The van der Waals surface area contributed by atoms with Gasteiger partial charge in [0.1, 0.15) is 0 Å². The number of rotatable bonds is 6. The fourth-order valence-corrected chi connectivity index (χ4v) is 12.0. The monoisotopic (exact) mass is 861 g/mol. The van der Waals surface area contributed by atoms with E-state index in [-0.39, 0.29) is 0 Å². The average molecular weight is 862 g/mol. The van der Waals surface area contributed by atoms with Gasteiger partial charge in [0.2, 0.25) is 0 Å². The smallest absolute Gasteiger partial charge is 0.0726 e. The van der Waals surface area contributed by atoms with E-state index >= 15 is 0 Å². The largest absolute Gasteiger partial charge is 0.310 e. The molecular formula is C67H43N. The Balaban J connectivity index is 1.12. The standard InChI is InChI=1S/C67H43N/c1-3-19-44(20-4-1)45-35-37-47(38-36-45)68(48-39-40-55-53-27-10-9-25-51(53)52-26-11-12-28-54(52)59(55)41-48)66-43-65-60(42-61(66)50-24-8-7-23-49(50)46-21-5-2-6-22-46)58-31-15-18-34-64(58)67(65)62-32-16-13-29-56(62)57-30-14-17-33-63(57)67/h1-43H. The molecule has 12 aromatic carbocycles. The van der Waals surface area contributed by atoms with Crippen LogP contribution >= 0.6 is 0 Å². The van der Waals surface area contributed by atoms with E-state index in [1.165, 1.54) is 110 Å². The van der Waals surface area contributed by atoms with Gasteiger partial charge in [0.05, 0.1) is 11.1 Å². The lowest BCUT2D eigenvalue weighted by atomic mass is 9.70. The fraction of sp³-hybridized carbons (Fsp3) is 0.0149. The van der Waals surface area contributed by atoms with Crippen LogP contribution in [0, 0.1) is 0 Å². The molecular weight excluding hydrogens is 819 g/mol. The first kappa shape index (κ1) is 38.5. The van der Waals surface area contributed by atoms with E-state index in [0.29, 0.717) is 0 Å². The number of benzene rings is 12. The summed E-state index contributed by atoms with van der Waals surface area (Å²) >= 11 is 0. The molecule has 0 saturated carbocycles. The zero-order valence-corrected chi connectivity index (χ0v) is 37.3. The summed E-state index contributed by atoms with van der Waals surface area (Å²) in [7, 11) is 0. The normalized spacial score (nSPS) is 12.8. The topological polar surface area (TPSA) is 3.24 Å². The molecule has 0 radical (unpaired) electrons. The van der Waals surface area contributed by atoms with Crippen molar-refractivity contribution in [1.82, 2.24) is 0 Å². The van der Waals surface area contributed by atoms with Crippen molar-refractivity contribution in [2.75, 3.05) is 4.90 Å². The molecule has 2 aliphatic rings. The molecule has 1 spiro atoms. The van der Waals surface area contributed by atoms with Crippen LogP contribution in [0.3, 0.4) is 0 Å². The highest BCUT2D eigenvalue weighted by Crippen LogP contribution is 2.64. The second-order valence-electron chi connectivity index (χ2n) is 18.3. The van der Waals surface area contributed by atoms with Crippen molar-refractivity contribution in [2.24, 2.45) is 0 Å². The Morgan fingerprint density at radius 1 is 0.221 bits per heavy atom. The van der Waals surface area contributed by atoms with Crippen LogP contribution < -0.4 is 4.90 Å². The Bertz CT molecular complexity index is 3880. The summed E-state index contributed by atoms with van der Waals surface area (Å²) in [6, 6.07) is 97.2. The molecule has 1 heteroatoms. The van der Waals surface area contributed by atoms with Crippen LogP contribution in [0.5, 0.6) is 0 Å². The molecule has 0 saturated heterocycles. The van der Waals surface area contributed by atoms with Gasteiger partial charge in [0.25, 0.3) is 0 Å². The van der Waals surface area contributed by atoms with E-state index in [1.54, 1.807) is 0 Å². The highest BCUT2D eigenvalue weighted by atomic mass is 15.1. The number of hydrogen-bond acceptors (Lipinski definition) is 1. The molecule has 1 nitrogen and oxygen atoms in total. The molecule has 316 valence electrons. The predicted molar refractivity (Wildman–Crippen MR) is 286 cm³/mol. The molecule has 0 amide bonds. The number of hydrogen-bond donors (Lipinski definition) is 0. The summed E-state index contributed by atoms with van der Waals surface area (Å²) in [5.41, 5.74) is 20.3. The van der Waals surface area contributed by atoms with Gasteiger partial charge in [-0.2, -0.15) is 0 Å². The molecule has 0 bridgehead atoms. The minimum absolute atomic E-state index is 0.521. The minimum atomic E-state index is -0.521. The van der Waals surface area contributed by atoms with Gasteiger partial charge in [0, 0.05) is 16.9 Å². The van der Waals surface area contributed by atoms with Gasteiger partial charge in [0.15, 0.2) is 0 Å². The van der Waals surface area contributed by atoms with Crippen LogP contribution in [-0.4, -0.2) is 0 Å². The zero-order chi connectivity index (χ0) is 44.8. The van der Waals surface area contributed by atoms with Gasteiger partial charge in [-0.15, -0.1) is 0 Å². The molecule has 0 aromatic heterocycles. The van der Waals surface area contributed by atoms with E-state index < -0.39 is 5.41 Å². The predicted octanol–water partition coefficient (Wildman–Crippen LogP) is 18.0. The van der Waals surface area contributed by atoms with Crippen molar-refractivity contribution in [3.8, 4) is 55.6 Å². The molecule has 0 fully saturated rings. The summed E-state index contributed by atoms with van der Waals surface area (Å²) < 4.78 is 0. The summed E-state index contributed by atoms with van der Waals surface area (Å²) in [6.07, 6.45) is 0. The van der Waals surface area contributed by atoms with Crippen LogP contribution in [-0.2, 0) is 5.41 Å². The minimum Gasteiger partial charge on any atom is -0.310 e. The first-order valence-corrected chi connectivity index (χ1v) is 23.7.